The maximum Gasteiger partial charge on any atom is 0.330 e. The second-order valence-electron chi connectivity index (χ2n) is 10.1. The summed E-state index contributed by atoms with van der Waals surface area (Å²) in [6.07, 6.45) is 11.4. The van der Waals surface area contributed by atoms with Crippen LogP contribution in [-0.4, -0.2) is 30.4 Å². The predicted molar refractivity (Wildman–Crippen MR) is 113 cm³/mol. The Bertz CT molecular complexity index is 746. The van der Waals surface area contributed by atoms with Crippen LogP contribution in [0.25, 0.3) is 0 Å². The minimum absolute atomic E-state index is 0.00112. The highest BCUT2D eigenvalue weighted by molar-refractivity contribution is 5.81. The Labute approximate surface area is 179 Å². The predicted octanol–water partition coefficient (Wildman–Crippen LogP) is 4.73. The lowest BCUT2D eigenvalue weighted by molar-refractivity contribution is -0.171. The van der Waals surface area contributed by atoms with Crippen LogP contribution in [0.4, 0.5) is 0 Å². The van der Waals surface area contributed by atoms with Gasteiger partial charge in [-0.3, -0.25) is 4.79 Å². The summed E-state index contributed by atoms with van der Waals surface area (Å²) >= 11 is 0. The minimum Gasteiger partial charge on any atom is -0.456 e. The van der Waals surface area contributed by atoms with E-state index in [2.05, 4.69) is 32.6 Å². The normalized spacial score (nSPS) is 39.6. The highest BCUT2D eigenvalue weighted by atomic mass is 16.7. The fourth-order valence-electron chi connectivity index (χ4n) is 6.30. The Morgan fingerprint density at radius 2 is 1.80 bits per heavy atom. The summed E-state index contributed by atoms with van der Waals surface area (Å²) in [4.78, 5) is 24.5. The van der Waals surface area contributed by atoms with Crippen LogP contribution < -0.4 is 0 Å². The summed E-state index contributed by atoms with van der Waals surface area (Å²) in [5, 5.41) is 0. The maximum atomic E-state index is 12.8. The number of carbonyl (C=O) groups is 2. The van der Waals surface area contributed by atoms with Crippen molar-refractivity contribution in [2.24, 2.45) is 29.6 Å². The van der Waals surface area contributed by atoms with E-state index in [4.69, 9.17) is 14.2 Å². The molecule has 3 fully saturated rings. The van der Waals surface area contributed by atoms with Crippen LogP contribution in [0.15, 0.2) is 36.0 Å². The summed E-state index contributed by atoms with van der Waals surface area (Å²) < 4.78 is 17.2. The fourth-order valence-corrected chi connectivity index (χ4v) is 6.30. The first-order chi connectivity index (χ1) is 14.3. The van der Waals surface area contributed by atoms with Crippen molar-refractivity contribution in [1.29, 1.82) is 0 Å². The van der Waals surface area contributed by atoms with Gasteiger partial charge in [-0.2, -0.15) is 0 Å². The van der Waals surface area contributed by atoms with Gasteiger partial charge < -0.3 is 14.2 Å². The molecule has 164 valence electrons. The summed E-state index contributed by atoms with van der Waals surface area (Å²) in [5.74, 6) is 0.492. The zero-order chi connectivity index (χ0) is 21.5. The fraction of sp³-hybridized carbons (Fsp3) is 0.680. The Morgan fingerprint density at radius 3 is 2.43 bits per heavy atom. The number of hydrogen-bond donors (Lipinski definition) is 0. The molecule has 0 N–H and O–H groups in total. The van der Waals surface area contributed by atoms with Crippen LogP contribution in [0.2, 0.25) is 0 Å². The minimum atomic E-state index is -0.518. The lowest BCUT2D eigenvalue weighted by Crippen LogP contribution is -2.38. The van der Waals surface area contributed by atoms with Gasteiger partial charge in [0.25, 0.3) is 0 Å². The molecule has 0 aromatic rings. The van der Waals surface area contributed by atoms with Crippen molar-refractivity contribution >= 4 is 11.9 Å². The van der Waals surface area contributed by atoms with E-state index in [9.17, 15) is 9.59 Å². The molecule has 0 saturated heterocycles. The van der Waals surface area contributed by atoms with Crippen LogP contribution in [0.5, 0.6) is 0 Å². The average Bonchev–Trinajstić information content (AvgIpc) is 2.96. The van der Waals surface area contributed by atoms with Gasteiger partial charge in [0.05, 0.1) is 12.0 Å². The molecule has 5 nitrogen and oxygen atoms in total. The highest BCUT2D eigenvalue weighted by Gasteiger charge is 2.50. The Balaban J connectivity index is 1.30. The van der Waals surface area contributed by atoms with Crippen LogP contribution >= 0.6 is 0 Å². The van der Waals surface area contributed by atoms with Gasteiger partial charge >= 0.3 is 11.9 Å². The van der Waals surface area contributed by atoms with Gasteiger partial charge in [-0.15, -0.1) is 0 Å². The first-order valence-corrected chi connectivity index (χ1v) is 11.3. The van der Waals surface area contributed by atoms with Crippen molar-refractivity contribution in [3.8, 4) is 0 Å². The number of rotatable bonds is 6. The maximum absolute atomic E-state index is 12.8. The standard InChI is InChI=1S/C25H34O5/c1-5-22(26)30-25(4)12-19-10-20(13-25)21(11-19)24(27)29-14-28-23-15(2)6-17-8-18(9-17)7-16(23)3/h5-7,15-16,19-21,23H,1,8-14H2,2-4H3. The van der Waals surface area contributed by atoms with E-state index in [1.807, 2.05) is 6.92 Å². The summed E-state index contributed by atoms with van der Waals surface area (Å²) in [6.45, 7) is 9.81. The van der Waals surface area contributed by atoms with Crippen molar-refractivity contribution in [2.75, 3.05) is 6.79 Å². The molecule has 30 heavy (non-hydrogen) atoms. The van der Waals surface area contributed by atoms with Gasteiger partial charge in [-0.25, -0.2) is 4.79 Å². The Kier molecular flexibility index (Phi) is 5.93. The second-order valence-corrected chi connectivity index (χ2v) is 10.1. The molecular weight excluding hydrogens is 380 g/mol. The second kappa shape index (κ2) is 8.33. The highest BCUT2D eigenvalue weighted by Crippen LogP contribution is 2.51. The molecule has 5 aliphatic rings. The number of hydrogen-bond acceptors (Lipinski definition) is 5. The molecule has 0 aromatic heterocycles. The first kappa shape index (κ1) is 21.4. The molecule has 0 radical (unpaired) electrons. The van der Waals surface area contributed by atoms with Gasteiger partial charge in [0, 0.05) is 17.9 Å². The molecule has 6 unspecified atom stereocenters. The zero-order valence-corrected chi connectivity index (χ0v) is 18.4. The number of esters is 2. The average molecular weight is 415 g/mol. The molecule has 5 rings (SSSR count). The third-order valence-corrected chi connectivity index (χ3v) is 7.43. The topological polar surface area (TPSA) is 61.8 Å². The van der Waals surface area contributed by atoms with E-state index in [0.717, 1.165) is 32.1 Å². The van der Waals surface area contributed by atoms with Crippen LogP contribution in [0.3, 0.4) is 0 Å². The summed E-state index contributed by atoms with van der Waals surface area (Å²) in [5.41, 5.74) is 2.46. The molecule has 0 amide bonds. The number of carbonyl (C=O) groups excluding carboxylic acids is 2. The number of allylic oxidation sites excluding steroid dienone is 2. The van der Waals surface area contributed by atoms with Gasteiger partial charge in [0.1, 0.15) is 5.60 Å². The molecule has 5 heteroatoms. The summed E-state index contributed by atoms with van der Waals surface area (Å²) in [7, 11) is 0. The SMILES string of the molecule is C=CC(=O)OC1(C)CC2CC(C1)C(C(=O)OCOC1C(C)C=C3CC(=CC1C)C3)C2. The number of ether oxygens (including phenoxy) is 3. The lowest BCUT2D eigenvalue weighted by atomic mass is 9.76. The van der Waals surface area contributed by atoms with E-state index >= 15 is 0 Å². The molecular formula is C25H34O5. The van der Waals surface area contributed by atoms with E-state index in [1.165, 1.54) is 17.2 Å². The van der Waals surface area contributed by atoms with Crippen LogP contribution in [0.1, 0.15) is 59.3 Å². The van der Waals surface area contributed by atoms with Gasteiger partial charge in [0.15, 0.2) is 6.79 Å². The molecule has 4 bridgehead atoms. The van der Waals surface area contributed by atoms with E-state index in [1.54, 1.807) is 0 Å². The van der Waals surface area contributed by atoms with Crippen molar-refractivity contribution in [3.05, 3.63) is 36.0 Å². The van der Waals surface area contributed by atoms with Crippen molar-refractivity contribution in [1.82, 2.24) is 0 Å². The third kappa shape index (κ3) is 4.41. The zero-order valence-electron chi connectivity index (χ0n) is 18.4. The molecule has 0 spiro atoms. The largest absolute Gasteiger partial charge is 0.456 e. The molecule has 6 atom stereocenters. The van der Waals surface area contributed by atoms with E-state index in [-0.39, 0.29) is 30.7 Å². The number of fused-ring (bicyclic) bond motifs is 6. The van der Waals surface area contributed by atoms with Gasteiger partial charge in [0.2, 0.25) is 0 Å². The smallest absolute Gasteiger partial charge is 0.330 e. The first-order valence-electron chi connectivity index (χ1n) is 11.3. The van der Waals surface area contributed by atoms with Gasteiger partial charge in [-0.05, 0) is 57.3 Å². The van der Waals surface area contributed by atoms with E-state index < -0.39 is 11.6 Å². The summed E-state index contributed by atoms with van der Waals surface area (Å²) in [6, 6.07) is 0. The van der Waals surface area contributed by atoms with Crippen LogP contribution in [0, 0.1) is 29.6 Å². The Hall–Kier alpha value is -1.88. The molecule has 5 aliphatic carbocycles. The van der Waals surface area contributed by atoms with E-state index in [0.29, 0.717) is 24.2 Å². The Morgan fingerprint density at radius 1 is 1.13 bits per heavy atom. The van der Waals surface area contributed by atoms with Crippen LogP contribution in [-0.2, 0) is 23.8 Å². The van der Waals surface area contributed by atoms with Crippen molar-refractivity contribution < 1.29 is 23.8 Å². The molecule has 0 aromatic carbocycles. The van der Waals surface area contributed by atoms with Crippen molar-refractivity contribution in [3.63, 3.8) is 0 Å². The van der Waals surface area contributed by atoms with Gasteiger partial charge in [-0.1, -0.05) is 43.7 Å². The monoisotopic (exact) mass is 414 g/mol. The molecule has 0 aliphatic heterocycles. The molecule has 3 saturated carbocycles. The molecule has 0 heterocycles. The quantitative estimate of drug-likeness (QED) is 0.272. The third-order valence-electron chi connectivity index (χ3n) is 7.43. The lowest BCUT2D eigenvalue weighted by Gasteiger charge is -2.37. The van der Waals surface area contributed by atoms with Crippen molar-refractivity contribution in [2.45, 2.75) is 71.0 Å².